The number of nitro benzene ring substituents is 1. The Morgan fingerprint density at radius 1 is 1.24 bits per heavy atom. The van der Waals surface area contributed by atoms with Crippen LogP contribution in [0.4, 0.5) is 5.69 Å². The Labute approximate surface area is 201 Å². The maximum atomic E-state index is 12.8. The summed E-state index contributed by atoms with van der Waals surface area (Å²) in [6.07, 6.45) is 1.84. The molecule has 0 aliphatic rings. The van der Waals surface area contributed by atoms with Crippen molar-refractivity contribution in [2.45, 2.75) is 44.5 Å². The molecule has 176 valence electrons. The van der Waals surface area contributed by atoms with Crippen molar-refractivity contribution in [3.63, 3.8) is 0 Å². The van der Waals surface area contributed by atoms with Gasteiger partial charge in [0.15, 0.2) is 0 Å². The van der Waals surface area contributed by atoms with Gasteiger partial charge in [0, 0.05) is 22.4 Å². The number of hydrogen-bond acceptors (Lipinski definition) is 6. The van der Waals surface area contributed by atoms with Gasteiger partial charge in [-0.1, -0.05) is 51.4 Å². The van der Waals surface area contributed by atoms with Gasteiger partial charge in [0.25, 0.3) is 5.69 Å². The Kier molecular flexibility index (Phi) is 10.2. The number of alkyl halides is 1. The summed E-state index contributed by atoms with van der Waals surface area (Å²) in [5, 5.41) is 14.9. The van der Waals surface area contributed by atoms with E-state index >= 15 is 0 Å². The third-order valence-corrected chi connectivity index (χ3v) is 5.85. The molecule has 0 N–H and O–H groups in total. The van der Waals surface area contributed by atoms with E-state index in [1.807, 2.05) is 30.3 Å². The van der Waals surface area contributed by atoms with Crippen LogP contribution in [0.1, 0.15) is 49.1 Å². The summed E-state index contributed by atoms with van der Waals surface area (Å²) < 4.78 is 11.1. The number of halogens is 1. The number of carbonyl (C=O) groups is 1. The van der Waals surface area contributed by atoms with Crippen molar-refractivity contribution in [2.24, 2.45) is 10.5 Å². The number of unbranched alkanes of at least 4 members (excludes halogenated alkanes) is 1. The van der Waals surface area contributed by atoms with E-state index in [1.165, 1.54) is 18.2 Å². The molecule has 0 spiro atoms. The van der Waals surface area contributed by atoms with Crippen LogP contribution in [-0.4, -0.2) is 24.0 Å². The Morgan fingerprint density at radius 2 is 1.97 bits per heavy atom. The third kappa shape index (κ3) is 8.40. The summed E-state index contributed by atoms with van der Waals surface area (Å²) in [5.41, 5.74) is 8.64. The highest BCUT2D eigenvalue weighted by atomic mass is 79.9. The van der Waals surface area contributed by atoms with E-state index < -0.39 is 16.3 Å². The molecule has 1 unspecified atom stereocenters. The minimum Gasteiger partial charge on any atom is -0.494 e. The molecule has 0 aromatic heterocycles. The molecule has 0 saturated carbocycles. The molecule has 10 heteroatoms. The van der Waals surface area contributed by atoms with Crippen molar-refractivity contribution in [3.05, 3.63) is 80.2 Å². The van der Waals surface area contributed by atoms with E-state index in [2.05, 4.69) is 26.0 Å². The second-order valence-corrected chi connectivity index (χ2v) is 9.21. The predicted octanol–water partition coefficient (Wildman–Crippen LogP) is 6.66. The summed E-state index contributed by atoms with van der Waals surface area (Å²) in [6.45, 7) is 4.10. The fourth-order valence-electron chi connectivity index (χ4n) is 3.11. The molecule has 2 rings (SSSR count). The van der Waals surface area contributed by atoms with Gasteiger partial charge in [-0.25, -0.2) is 0 Å². The zero-order chi connectivity index (χ0) is 24.3. The number of hydrogen-bond donors (Lipinski definition) is 0. The molecule has 0 saturated heterocycles. The van der Waals surface area contributed by atoms with E-state index in [-0.39, 0.29) is 22.7 Å². The summed E-state index contributed by atoms with van der Waals surface area (Å²) in [5.74, 6) is 0.000779. The highest BCUT2D eigenvalue weighted by Crippen LogP contribution is 2.37. The van der Waals surface area contributed by atoms with Crippen molar-refractivity contribution in [1.82, 2.24) is 0 Å². The van der Waals surface area contributed by atoms with E-state index in [0.717, 1.165) is 5.56 Å². The highest BCUT2D eigenvalue weighted by Gasteiger charge is 2.33. The molecule has 0 fully saturated rings. The molecule has 0 radical (unpaired) electrons. The maximum absolute atomic E-state index is 12.8. The summed E-state index contributed by atoms with van der Waals surface area (Å²) >= 11 is 3.63. The van der Waals surface area contributed by atoms with Gasteiger partial charge < -0.3 is 9.47 Å². The van der Waals surface area contributed by atoms with Gasteiger partial charge in [0.1, 0.15) is 12.4 Å². The molecule has 33 heavy (non-hydrogen) atoms. The number of azide groups is 1. The van der Waals surface area contributed by atoms with Gasteiger partial charge in [0.2, 0.25) is 0 Å². The second-order valence-electron chi connectivity index (χ2n) is 8.10. The second kappa shape index (κ2) is 12.8. The zero-order valence-corrected chi connectivity index (χ0v) is 20.2. The molecule has 2 aromatic carbocycles. The maximum Gasteiger partial charge on any atom is 0.311 e. The van der Waals surface area contributed by atoms with Crippen LogP contribution in [0, 0.1) is 15.5 Å². The van der Waals surface area contributed by atoms with Gasteiger partial charge in [-0.2, -0.15) is 0 Å². The van der Waals surface area contributed by atoms with Crippen LogP contribution in [0.15, 0.2) is 53.6 Å². The summed E-state index contributed by atoms with van der Waals surface area (Å²) in [6, 6.07) is 14.1. The van der Waals surface area contributed by atoms with Crippen LogP contribution < -0.4 is 4.74 Å². The van der Waals surface area contributed by atoms with E-state index in [4.69, 9.17) is 15.0 Å². The lowest BCUT2D eigenvalue weighted by Crippen LogP contribution is -2.28. The number of carbonyl (C=O) groups excluding carboxylic acids is 1. The van der Waals surface area contributed by atoms with Crippen molar-refractivity contribution in [1.29, 1.82) is 0 Å². The van der Waals surface area contributed by atoms with Crippen LogP contribution in [0.2, 0.25) is 0 Å². The van der Waals surface area contributed by atoms with Crippen LogP contribution in [0.25, 0.3) is 10.4 Å². The number of benzene rings is 2. The Hall–Kier alpha value is -3.10. The smallest absolute Gasteiger partial charge is 0.311 e. The average molecular weight is 519 g/mol. The summed E-state index contributed by atoms with van der Waals surface area (Å²) in [4.78, 5) is 26.3. The minimum atomic E-state index is -0.807. The van der Waals surface area contributed by atoms with Crippen molar-refractivity contribution in [3.8, 4) is 5.75 Å². The van der Waals surface area contributed by atoms with Gasteiger partial charge in [-0.3, -0.25) is 14.9 Å². The topological polar surface area (TPSA) is 127 Å². The first-order chi connectivity index (χ1) is 15.7. The van der Waals surface area contributed by atoms with Crippen LogP contribution in [0.3, 0.4) is 0 Å². The standard InChI is InChI=1S/C23H27BrN4O5/c1-23(2,15-20(24)17-8-4-3-5-9-17)22(29)33-16-18-14-19(10-11-21(18)28(30)31)32-13-7-6-12-26-27-25/h3-5,8-11,14,20H,6-7,12-13,15-16H2,1-2H3. The Bertz CT molecular complexity index is 994. The van der Waals surface area contributed by atoms with Crippen LogP contribution in [0.5, 0.6) is 5.75 Å². The fraction of sp³-hybridized carbons (Fsp3) is 0.435. The fourth-order valence-corrected chi connectivity index (χ4v) is 4.23. The van der Waals surface area contributed by atoms with E-state index in [0.29, 0.717) is 38.2 Å². The highest BCUT2D eigenvalue weighted by molar-refractivity contribution is 9.09. The third-order valence-electron chi connectivity index (χ3n) is 4.99. The molecular weight excluding hydrogens is 492 g/mol. The lowest BCUT2D eigenvalue weighted by molar-refractivity contribution is -0.385. The monoisotopic (exact) mass is 518 g/mol. The van der Waals surface area contributed by atoms with Crippen molar-refractivity contribution < 1.29 is 19.2 Å². The average Bonchev–Trinajstić information content (AvgIpc) is 2.79. The molecule has 0 amide bonds. The molecule has 0 aliphatic carbocycles. The number of nitro groups is 1. The number of rotatable bonds is 13. The molecule has 0 heterocycles. The SMILES string of the molecule is CC(C)(CC(Br)c1ccccc1)C(=O)OCc1cc(OCCCCN=[N+]=[N-])ccc1[N+](=O)[O-]. The first-order valence-corrected chi connectivity index (χ1v) is 11.4. The first kappa shape index (κ1) is 26.2. The first-order valence-electron chi connectivity index (χ1n) is 10.5. The molecule has 9 nitrogen and oxygen atoms in total. The van der Waals surface area contributed by atoms with Crippen LogP contribution >= 0.6 is 15.9 Å². The number of nitrogens with zero attached hydrogens (tertiary/aromatic N) is 4. The van der Waals surface area contributed by atoms with Crippen molar-refractivity contribution >= 4 is 27.6 Å². The lowest BCUT2D eigenvalue weighted by atomic mass is 9.86. The quantitative estimate of drug-likeness (QED) is 0.0427. The normalized spacial score (nSPS) is 11.8. The van der Waals surface area contributed by atoms with Gasteiger partial charge >= 0.3 is 5.97 Å². The lowest BCUT2D eigenvalue weighted by Gasteiger charge is -2.25. The number of ether oxygens (including phenoxy) is 2. The molecular formula is C23H27BrN4O5. The molecule has 2 aromatic rings. The van der Waals surface area contributed by atoms with E-state index in [1.54, 1.807) is 13.8 Å². The molecule has 0 aliphatic heterocycles. The largest absolute Gasteiger partial charge is 0.494 e. The van der Waals surface area contributed by atoms with E-state index in [9.17, 15) is 14.9 Å². The van der Waals surface area contributed by atoms with Gasteiger partial charge in [0.05, 0.1) is 22.5 Å². The zero-order valence-electron chi connectivity index (χ0n) is 18.6. The predicted molar refractivity (Wildman–Crippen MR) is 128 cm³/mol. The molecule has 0 bridgehead atoms. The Balaban J connectivity index is 1.99. The van der Waals surface area contributed by atoms with Gasteiger partial charge in [-0.05, 0) is 56.3 Å². The number of esters is 1. The van der Waals surface area contributed by atoms with Gasteiger partial charge in [-0.15, -0.1) is 0 Å². The van der Waals surface area contributed by atoms with Crippen LogP contribution in [-0.2, 0) is 16.1 Å². The molecule has 1 atom stereocenters. The van der Waals surface area contributed by atoms with Crippen molar-refractivity contribution in [2.75, 3.05) is 13.2 Å². The minimum absolute atomic E-state index is 0.0360. The summed E-state index contributed by atoms with van der Waals surface area (Å²) in [7, 11) is 0. The Morgan fingerprint density at radius 3 is 2.64 bits per heavy atom.